The summed E-state index contributed by atoms with van der Waals surface area (Å²) in [5.74, 6) is -1.90. The van der Waals surface area contributed by atoms with E-state index in [9.17, 15) is 18.1 Å². The van der Waals surface area contributed by atoms with Crippen LogP contribution in [0.3, 0.4) is 0 Å². The van der Waals surface area contributed by atoms with E-state index in [1.165, 1.54) is 19.1 Å². The Bertz CT molecular complexity index is 947. The molecule has 0 aromatic rings. The third-order valence-corrected chi connectivity index (χ3v) is 9.20. The molecule has 0 heterocycles. The van der Waals surface area contributed by atoms with Crippen LogP contribution >= 0.6 is 11.6 Å². The molecule has 1 saturated carbocycles. The van der Waals surface area contributed by atoms with E-state index in [0.29, 0.717) is 11.5 Å². The first kappa shape index (κ1) is 21.0. The maximum atomic E-state index is 15.4. The molecule has 0 N–H and O–H groups in total. The minimum Gasteiger partial charge on any atom is -0.239 e. The molecular weight excluding hydrogens is 404 g/mol. The highest BCUT2D eigenvalue weighted by atomic mass is 35.5. The van der Waals surface area contributed by atoms with Crippen molar-refractivity contribution in [3.63, 3.8) is 0 Å². The number of rotatable bonds is 5. The monoisotopic (exact) mass is 425 g/mol. The van der Waals surface area contributed by atoms with Crippen LogP contribution in [0, 0.1) is 22.7 Å². The Hall–Kier alpha value is -1.71. The quantitative estimate of drug-likeness (QED) is 0.566. The van der Waals surface area contributed by atoms with E-state index in [1.807, 2.05) is 0 Å². The van der Waals surface area contributed by atoms with Gasteiger partial charge in [-0.1, -0.05) is 29.8 Å². The summed E-state index contributed by atoms with van der Waals surface area (Å²) in [6, 6.07) is 2.19. The maximum Gasteiger partial charge on any atom is 0.163 e. The molecule has 0 spiro atoms. The zero-order valence-electron chi connectivity index (χ0n) is 15.5. The normalized spacial score (nSPS) is 40.1. The van der Waals surface area contributed by atoms with Crippen LogP contribution in [0.2, 0.25) is 0 Å². The van der Waals surface area contributed by atoms with Crippen molar-refractivity contribution >= 4 is 21.4 Å². The predicted molar refractivity (Wildman–Crippen MR) is 107 cm³/mol. The molecule has 3 aliphatic rings. The van der Waals surface area contributed by atoms with Gasteiger partial charge in [0, 0.05) is 11.0 Å². The molecule has 7 heteroatoms. The molecule has 28 heavy (non-hydrogen) atoms. The Labute approximate surface area is 169 Å². The number of nitrogens with zero attached hydrogens (tertiary/aromatic N) is 1. The van der Waals surface area contributed by atoms with E-state index < -0.39 is 42.7 Å². The van der Waals surface area contributed by atoms with Crippen molar-refractivity contribution in [1.82, 2.24) is 0 Å². The third-order valence-electron chi connectivity index (χ3n) is 6.10. The topological polar surface area (TPSA) is 57.9 Å². The van der Waals surface area contributed by atoms with Gasteiger partial charge in [-0.2, -0.15) is 5.26 Å². The summed E-state index contributed by atoms with van der Waals surface area (Å²) < 4.78 is 55.3. The summed E-state index contributed by atoms with van der Waals surface area (Å²) in [4.78, 5) is 0. The predicted octanol–water partition coefficient (Wildman–Crippen LogP) is 5.24. The summed E-state index contributed by atoms with van der Waals surface area (Å²) in [5, 5.41) is 9.20. The lowest BCUT2D eigenvalue weighted by atomic mass is 9.54. The van der Waals surface area contributed by atoms with E-state index in [1.54, 1.807) is 12.2 Å². The zero-order valence-corrected chi connectivity index (χ0v) is 17.1. The van der Waals surface area contributed by atoms with Gasteiger partial charge >= 0.3 is 0 Å². The minimum atomic E-state index is -3.96. The Morgan fingerprint density at radius 1 is 1.43 bits per heavy atom. The fourth-order valence-electron chi connectivity index (χ4n) is 4.73. The summed E-state index contributed by atoms with van der Waals surface area (Å²) in [5.41, 5.74) is -2.99. The van der Waals surface area contributed by atoms with Crippen LogP contribution in [0.5, 0.6) is 0 Å². The van der Waals surface area contributed by atoms with Crippen LogP contribution in [-0.4, -0.2) is 24.1 Å². The van der Waals surface area contributed by atoms with Crippen molar-refractivity contribution in [2.75, 3.05) is 0 Å². The molecule has 3 unspecified atom stereocenters. The van der Waals surface area contributed by atoms with Crippen LogP contribution in [-0.2, 0) is 9.84 Å². The number of nitriles is 1. The number of halogens is 3. The highest BCUT2D eigenvalue weighted by molar-refractivity contribution is 7.93. The second-order valence-corrected chi connectivity index (χ2v) is 11.0. The van der Waals surface area contributed by atoms with E-state index in [2.05, 4.69) is 12.6 Å². The summed E-state index contributed by atoms with van der Waals surface area (Å²) in [7, 11) is -3.96. The third kappa shape index (κ3) is 3.19. The second-order valence-electron chi connectivity index (χ2n) is 8.08. The molecule has 3 atom stereocenters. The fourth-order valence-corrected chi connectivity index (χ4v) is 7.74. The van der Waals surface area contributed by atoms with Crippen LogP contribution in [0.4, 0.5) is 8.78 Å². The molecular formula is C21H22ClF2NO2S. The Morgan fingerprint density at radius 2 is 2.11 bits per heavy atom. The first-order chi connectivity index (χ1) is 13.0. The molecule has 3 aliphatic carbocycles. The number of hydrogen-bond donors (Lipinski definition) is 0. The molecule has 0 bridgehead atoms. The minimum absolute atomic E-state index is 0.0611. The largest absolute Gasteiger partial charge is 0.239 e. The molecule has 0 aromatic carbocycles. The second kappa shape index (κ2) is 6.96. The van der Waals surface area contributed by atoms with Crippen LogP contribution in [0.15, 0.2) is 60.0 Å². The Morgan fingerprint density at radius 3 is 2.64 bits per heavy atom. The fraction of sp³-hybridized carbons (Fsp3) is 0.476. The lowest BCUT2D eigenvalue weighted by Crippen LogP contribution is -2.65. The number of allylic oxidation sites excluding steroid dienone is 8. The van der Waals surface area contributed by atoms with E-state index in [0.717, 1.165) is 18.2 Å². The molecule has 0 aromatic heterocycles. The van der Waals surface area contributed by atoms with E-state index >= 15 is 4.39 Å². The van der Waals surface area contributed by atoms with Gasteiger partial charge in [-0.05, 0) is 56.9 Å². The molecule has 150 valence electrons. The highest BCUT2D eigenvalue weighted by Gasteiger charge is 2.68. The van der Waals surface area contributed by atoms with Crippen LogP contribution in [0.1, 0.15) is 32.6 Å². The van der Waals surface area contributed by atoms with E-state index in [4.69, 9.17) is 11.6 Å². The SMILES string of the molecule is C=CCC1(C#N)CC(C2C=C(F)C=CC2(C)F)(S(=O)(=O)C2C=CC(Cl)=CC2)C1. The Balaban J connectivity index is 2.10. The number of hydrogen-bond acceptors (Lipinski definition) is 3. The van der Waals surface area contributed by atoms with Gasteiger partial charge < -0.3 is 0 Å². The summed E-state index contributed by atoms with van der Waals surface area (Å²) in [6.45, 7) is 4.90. The highest BCUT2D eigenvalue weighted by Crippen LogP contribution is 2.62. The first-order valence-corrected chi connectivity index (χ1v) is 11.0. The average Bonchev–Trinajstić information content (AvgIpc) is 2.60. The lowest BCUT2D eigenvalue weighted by Gasteiger charge is -2.57. The molecule has 0 aliphatic heterocycles. The molecule has 1 fully saturated rings. The van der Waals surface area contributed by atoms with Crippen molar-refractivity contribution in [2.24, 2.45) is 11.3 Å². The van der Waals surface area contributed by atoms with Gasteiger partial charge in [-0.25, -0.2) is 17.2 Å². The molecule has 3 rings (SSSR count). The summed E-state index contributed by atoms with van der Waals surface area (Å²) >= 11 is 5.91. The number of sulfone groups is 1. The summed E-state index contributed by atoms with van der Waals surface area (Å²) in [6.07, 6.45) is 9.64. The van der Waals surface area contributed by atoms with Crippen LogP contribution in [0.25, 0.3) is 0 Å². The molecule has 3 nitrogen and oxygen atoms in total. The standard InChI is InChI=1S/C21H22ClF2NO2S/c1-3-9-20(14-25)12-21(13-20,18-11-16(23)8-10-19(18,2)24)28(26,27)17-6-4-15(22)5-7-17/h3-6,8,10-11,17-18H,1,7,9,12-13H2,2H3. The van der Waals surface area contributed by atoms with Gasteiger partial charge in [-0.3, -0.25) is 0 Å². The van der Waals surface area contributed by atoms with Crippen molar-refractivity contribution in [2.45, 2.75) is 48.3 Å². The van der Waals surface area contributed by atoms with Gasteiger partial charge in [-0.15, -0.1) is 6.58 Å². The van der Waals surface area contributed by atoms with Gasteiger partial charge in [0.25, 0.3) is 0 Å². The average molecular weight is 426 g/mol. The van der Waals surface area contributed by atoms with Gasteiger partial charge in [0.15, 0.2) is 9.84 Å². The first-order valence-electron chi connectivity index (χ1n) is 9.07. The maximum absolute atomic E-state index is 15.4. The van der Waals surface area contributed by atoms with Crippen molar-refractivity contribution < 1.29 is 17.2 Å². The molecule has 0 amide bonds. The smallest absolute Gasteiger partial charge is 0.163 e. The van der Waals surface area contributed by atoms with Crippen molar-refractivity contribution in [3.05, 3.63) is 60.0 Å². The van der Waals surface area contributed by atoms with Crippen molar-refractivity contribution in [3.8, 4) is 6.07 Å². The molecule has 0 saturated heterocycles. The van der Waals surface area contributed by atoms with Crippen LogP contribution < -0.4 is 0 Å². The zero-order chi connectivity index (χ0) is 20.8. The van der Waals surface area contributed by atoms with Gasteiger partial charge in [0.05, 0.1) is 21.5 Å². The van der Waals surface area contributed by atoms with E-state index in [-0.39, 0.29) is 19.3 Å². The van der Waals surface area contributed by atoms with Gasteiger partial charge in [0.1, 0.15) is 11.5 Å². The number of alkyl halides is 1. The van der Waals surface area contributed by atoms with Gasteiger partial charge in [0.2, 0.25) is 0 Å². The van der Waals surface area contributed by atoms with Crippen molar-refractivity contribution in [1.29, 1.82) is 5.26 Å². The lowest BCUT2D eigenvalue weighted by molar-refractivity contribution is 0.0449. The molecule has 0 radical (unpaired) electrons. The Kier molecular flexibility index (Phi) is 5.23.